The van der Waals surface area contributed by atoms with E-state index in [4.69, 9.17) is 0 Å². The molecule has 0 spiro atoms. The summed E-state index contributed by atoms with van der Waals surface area (Å²) < 4.78 is 0. The second kappa shape index (κ2) is 10.4. The topological polar surface area (TPSA) is 76.7 Å². The third-order valence-electron chi connectivity index (χ3n) is 6.92. The second-order valence-electron chi connectivity index (χ2n) is 8.85. The highest BCUT2D eigenvalue weighted by Gasteiger charge is 2.33. The number of carbonyl (C=O) groups is 2. The number of nitrogens with one attached hydrogen (secondary N) is 3. The largest absolute Gasteiger partial charge is 0.356 e. The SMILES string of the molecule is O=C(NCCc1ccccc1)C1CCN(C2CCN(C(=O)C3CNNC3)CC2)CC1. The van der Waals surface area contributed by atoms with Crippen molar-refractivity contribution < 1.29 is 9.59 Å². The number of benzene rings is 1. The zero-order valence-corrected chi connectivity index (χ0v) is 17.8. The highest BCUT2D eigenvalue weighted by atomic mass is 16.2. The van der Waals surface area contributed by atoms with Crippen molar-refractivity contribution in [3.05, 3.63) is 35.9 Å². The molecule has 0 saturated carbocycles. The first-order valence-electron chi connectivity index (χ1n) is 11.5. The van der Waals surface area contributed by atoms with Crippen LogP contribution < -0.4 is 16.2 Å². The van der Waals surface area contributed by atoms with Crippen molar-refractivity contribution in [1.29, 1.82) is 0 Å². The zero-order chi connectivity index (χ0) is 20.8. The normalized spacial score (nSPS) is 22.3. The molecule has 3 saturated heterocycles. The van der Waals surface area contributed by atoms with Gasteiger partial charge in [-0.2, -0.15) is 0 Å². The zero-order valence-electron chi connectivity index (χ0n) is 17.8. The number of hydrazine groups is 1. The molecule has 164 valence electrons. The van der Waals surface area contributed by atoms with Crippen LogP contribution in [0.1, 0.15) is 31.2 Å². The highest BCUT2D eigenvalue weighted by molar-refractivity contribution is 5.80. The Morgan fingerprint density at radius 3 is 2.23 bits per heavy atom. The first-order valence-corrected chi connectivity index (χ1v) is 11.5. The predicted octanol–water partition coefficient (Wildman–Crippen LogP) is 0.772. The number of hydrogen-bond acceptors (Lipinski definition) is 5. The van der Waals surface area contributed by atoms with Crippen molar-refractivity contribution >= 4 is 11.8 Å². The number of hydrogen-bond donors (Lipinski definition) is 3. The molecule has 0 aromatic heterocycles. The molecule has 3 heterocycles. The van der Waals surface area contributed by atoms with Crippen molar-refractivity contribution in [1.82, 2.24) is 26.0 Å². The van der Waals surface area contributed by atoms with Gasteiger partial charge < -0.3 is 15.1 Å². The van der Waals surface area contributed by atoms with Gasteiger partial charge in [0.1, 0.15) is 0 Å². The molecule has 2 amide bonds. The summed E-state index contributed by atoms with van der Waals surface area (Å²) in [6.45, 7) is 5.89. The lowest BCUT2D eigenvalue weighted by Gasteiger charge is -2.42. The Bertz CT molecular complexity index is 691. The van der Waals surface area contributed by atoms with Gasteiger partial charge in [-0.1, -0.05) is 30.3 Å². The molecule has 3 N–H and O–H groups in total. The molecule has 0 bridgehead atoms. The van der Waals surface area contributed by atoms with E-state index < -0.39 is 0 Å². The minimum absolute atomic E-state index is 0.0812. The third-order valence-corrected chi connectivity index (χ3v) is 6.92. The van der Waals surface area contributed by atoms with Crippen molar-refractivity contribution in [3.8, 4) is 0 Å². The van der Waals surface area contributed by atoms with Crippen molar-refractivity contribution in [2.45, 2.75) is 38.1 Å². The van der Waals surface area contributed by atoms with Crippen LogP contribution in [0.25, 0.3) is 0 Å². The van der Waals surface area contributed by atoms with E-state index in [9.17, 15) is 9.59 Å². The molecule has 3 fully saturated rings. The molecule has 1 aromatic rings. The number of nitrogens with zero attached hydrogens (tertiary/aromatic N) is 2. The van der Waals surface area contributed by atoms with Gasteiger partial charge in [-0.05, 0) is 50.8 Å². The second-order valence-corrected chi connectivity index (χ2v) is 8.85. The molecule has 30 heavy (non-hydrogen) atoms. The van der Waals surface area contributed by atoms with Gasteiger partial charge in [0.05, 0.1) is 5.92 Å². The van der Waals surface area contributed by atoms with Crippen molar-refractivity contribution in [2.24, 2.45) is 11.8 Å². The summed E-state index contributed by atoms with van der Waals surface area (Å²) in [5.41, 5.74) is 7.36. The maximum absolute atomic E-state index is 12.6. The van der Waals surface area contributed by atoms with E-state index in [2.05, 4.69) is 33.2 Å². The minimum atomic E-state index is 0.0812. The Balaban J connectivity index is 1.14. The van der Waals surface area contributed by atoms with Crippen LogP contribution in [0.15, 0.2) is 30.3 Å². The molecular formula is C23H35N5O2. The number of amides is 2. The average molecular weight is 414 g/mol. The molecule has 7 heteroatoms. The Morgan fingerprint density at radius 2 is 1.57 bits per heavy atom. The van der Waals surface area contributed by atoms with Gasteiger partial charge in [-0.15, -0.1) is 0 Å². The number of rotatable bonds is 6. The summed E-state index contributed by atoms with van der Waals surface area (Å²) in [5, 5.41) is 3.13. The van der Waals surface area contributed by atoms with Gasteiger partial charge in [0.2, 0.25) is 11.8 Å². The maximum Gasteiger partial charge on any atom is 0.228 e. The van der Waals surface area contributed by atoms with Crippen LogP contribution in [-0.4, -0.2) is 73.5 Å². The molecule has 7 nitrogen and oxygen atoms in total. The van der Waals surface area contributed by atoms with Crippen LogP contribution in [0.4, 0.5) is 0 Å². The molecule has 1 aromatic carbocycles. The van der Waals surface area contributed by atoms with E-state index in [-0.39, 0.29) is 23.7 Å². The number of carbonyl (C=O) groups excluding carboxylic acids is 2. The summed E-state index contributed by atoms with van der Waals surface area (Å²) in [5.74, 6) is 0.723. The van der Waals surface area contributed by atoms with Crippen LogP contribution in [0.5, 0.6) is 0 Å². The van der Waals surface area contributed by atoms with E-state index in [0.717, 1.165) is 71.4 Å². The van der Waals surface area contributed by atoms with Gasteiger partial charge >= 0.3 is 0 Å². The lowest BCUT2D eigenvalue weighted by molar-refractivity contribution is -0.136. The predicted molar refractivity (Wildman–Crippen MR) is 117 cm³/mol. The third kappa shape index (κ3) is 5.39. The molecular weight excluding hydrogens is 378 g/mol. The lowest BCUT2D eigenvalue weighted by atomic mass is 9.92. The van der Waals surface area contributed by atoms with Crippen LogP contribution in [-0.2, 0) is 16.0 Å². The summed E-state index contributed by atoms with van der Waals surface area (Å²) in [6, 6.07) is 10.8. The van der Waals surface area contributed by atoms with Gasteiger partial charge in [0.15, 0.2) is 0 Å². The van der Waals surface area contributed by atoms with Gasteiger partial charge in [-0.3, -0.25) is 20.4 Å². The first kappa shape index (κ1) is 21.3. The average Bonchev–Trinajstić information content (AvgIpc) is 3.34. The van der Waals surface area contributed by atoms with E-state index in [1.54, 1.807) is 0 Å². The fourth-order valence-electron chi connectivity index (χ4n) is 4.99. The summed E-state index contributed by atoms with van der Waals surface area (Å²) in [7, 11) is 0. The molecule has 0 aliphatic carbocycles. The fraction of sp³-hybridized carbons (Fsp3) is 0.652. The van der Waals surface area contributed by atoms with Crippen LogP contribution in [0.3, 0.4) is 0 Å². The van der Waals surface area contributed by atoms with E-state index in [1.165, 1.54) is 5.56 Å². The van der Waals surface area contributed by atoms with Gasteiger partial charge in [-0.25, -0.2) is 0 Å². The van der Waals surface area contributed by atoms with Crippen LogP contribution in [0.2, 0.25) is 0 Å². The van der Waals surface area contributed by atoms with E-state index in [0.29, 0.717) is 12.6 Å². The summed E-state index contributed by atoms with van der Waals surface area (Å²) >= 11 is 0. The standard InChI is InChI=1S/C23H35N5O2/c29-22(24-11-6-18-4-2-1-3-5-18)19-7-12-27(13-8-19)21-9-14-28(15-10-21)23(30)20-16-25-26-17-20/h1-5,19-21,25-26H,6-17H2,(H,24,29). The molecule has 0 unspecified atom stereocenters. The highest BCUT2D eigenvalue weighted by Crippen LogP contribution is 2.24. The number of likely N-dealkylation sites (tertiary alicyclic amines) is 2. The first-order chi connectivity index (χ1) is 14.7. The fourth-order valence-corrected chi connectivity index (χ4v) is 4.99. The number of piperidine rings is 2. The Labute approximate surface area is 179 Å². The Morgan fingerprint density at radius 1 is 0.900 bits per heavy atom. The van der Waals surface area contributed by atoms with Gasteiger partial charge in [0, 0.05) is 44.7 Å². The molecule has 3 aliphatic heterocycles. The Hall–Kier alpha value is -1.96. The molecule has 0 atom stereocenters. The van der Waals surface area contributed by atoms with Crippen LogP contribution in [0, 0.1) is 11.8 Å². The molecule has 0 radical (unpaired) electrons. The Kier molecular flexibility index (Phi) is 7.36. The van der Waals surface area contributed by atoms with E-state index in [1.807, 2.05) is 23.1 Å². The quantitative estimate of drug-likeness (QED) is 0.642. The maximum atomic E-state index is 12.6. The molecule has 3 aliphatic rings. The smallest absolute Gasteiger partial charge is 0.228 e. The van der Waals surface area contributed by atoms with Gasteiger partial charge in [0.25, 0.3) is 0 Å². The minimum Gasteiger partial charge on any atom is -0.356 e. The lowest BCUT2D eigenvalue weighted by Crippen LogP contribution is -2.51. The van der Waals surface area contributed by atoms with Crippen molar-refractivity contribution in [3.63, 3.8) is 0 Å². The van der Waals surface area contributed by atoms with Crippen LogP contribution >= 0.6 is 0 Å². The summed E-state index contributed by atoms with van der Waals surface area (Å²) in [6.07, 6.45) is 4.86. The van der Waals surface area contributed by atoms with Crippen molar-refractivity contribution in [2.75, 3.05) is 45.8 Å². The monoisotopic (exact) mass is 413 g/mol. The van der Waals surface area contributed by atoms with E-state index >= 15 is 0 Å². The molecule has 4 rings (SSSR count). The summed E-state index contributed by atoms with van der Waals surface area (Å²) in [4.78, 5) is 29.7.